The van der Waals surface area contributed by atoms with Gasteiger partial charge in [0.05, 0.1) is 0 Å². The number of hydrogen-bond donors (Lipinski definition) is 0. The van der Waals surface area contributed by atoms with Gasteiger partial charge in [-0.2, -0.15) is 0 Å². The Bertz CT molecular complexity index is 1030. The standard InChI is InChI=1S/C52H92O6/c1-4-7-10-13-16-19-22-25-26-27-28-31-33-36-39-42-45-51(54)57-48-49(58-52(55)46-43-40-37-34-30-24-21-18-15-12-9-6-3)47-56-50(53)44-41-38-35-32-29-23-20-17-14-11-8-5-2/h17-18,20-21,26-28,31,49H,4-16,19,22-25,29-30,32-48H2,1-3H3/b20-17-,21-18-,27-26-,31-28-. The summed E-state index contributed by atoms with van der Waals surface area (Å²) in [6.07, 6.45) is 55.2. The number of ether oxygens (including phenoxy) is 3. The van der Waals surface area contributed by atoms with Crippen LogP contribution < -0.4 is 0 Å². The van der Waals surface area contributed by atoms with Crippen molar-refractivity contribution in [2.45, 2.75) is 252 Å². The maximum atomic E-state index is 12.7. The van der Waals surface area contributed by atoms with E-state index >= 15 is 0 Å². The lowest BCUT2D eigenvalue weighted by molar-refractivity contribution is -0.167. The van der Waals surface area contributed by atoms with Crippen LogP contribution >= 0.6 is 0 Å². The molecule has 0 aliphatic carbocycles. The van der Waals surface area contributed by atoms with Crippen LogP contribution in [-0.2, 0) is 28.6 Å². The smallest absolute Gasteiger partial charge is 0.306 e. The summed E-state index contributed by atoms with van der Waals surface area (Å²) in [5, 5.41) is 0. The van der Waals surface area contributed by atoms with Gasteiger partial charge in [0.2, 0.25) is 0 Å². The summed E-state index contributed by atoms with van der Waals surface area (Å²) in [4.78, 5) is 37.8. The van der Waals surface area contributed by atoms with Crippen LogP contribution in [0, 0.1) is 0 Å². The summed E-state index contributed by atoms with van der Waals surface area (Å²) in [7, 11) is 0. The number of hydrogen-bond acceptors (Lipinski definition) is 6. The molecular weight excluding hydrogens is 721 g/mol. The fourth-order valence-electron chi connectivity index (χ4n) is 6.77. The summed E-state index contributed by atoms with van der Waals surface area (Å²) in [5.41, 5.74) is 0. The highest BCUT2D eigenvalue weighted by atomic mass is 16.6. The normalized spacial score (nSPS) is 12.4. The largest absolute Gasteiger partial charge is 0.462 e. The lowest BCUT2D eigenvalue weighted by atomic mass is 10.1. The highest BCUT2D eigenvalue weighted by Crippen LogP contribution is 2.13. The Morgan fingerprint density at radius 3 is 1.02 bits per heavy atom. The minimum Gasteiger partial charge on any atom is -0.462 e. The third-order valence-electron chi connectivity index (χ3n) is 10.6. The van der Waals surface area contributed by atoms with Crippen molar-refractivity contribution in [2.75, 3.05) is 13.2 Å². The van der Waals surface area contributed by atoms with Crippen molar-refractivity contribution in [3.05, 3.63) is 48.6 Å². The van der Waals surface area contributed by atoms with Crippen LogP contribution in [0.4, 0.5) is 0 Å². The third kappa shape index (κ3) is 44.5. The van der Waals surface area contributed by atoms with Crippen LogP contribution in [0.2, 0.25) is 0 Å². The summed E-state index contributed by atoms with van der Waals surface area (Å²) in [6.45, 7) is 6.54. The molecule has 0 fully saturated rings. The van der Waals surface area contributed by atoms with Gasteiger partial charge in [-0.05, 0) is 96.3 Å². The maximum Gasteiger partial charge on any atom is 0.306 e. The van der Waals surface area contributed by atoms with E-state index in [0.29, 0.717) is 19.3 Å². The molecule has 0 saturated heterocycles. The Hall–Kier alpha value is -2.63. The fraction of sp³-hybridized carbons (Fsp3) is 0.788. The number of rotatable bonds is 44. The van der Waals surface area contributed by atoms with E-state index in [9.17, 15) is 14.4 Å². The Morgan fingerprint density at radius 1 is 0.345 bits per heavy atom. The first kappa shape index (κ1) is 55.4. The Balaban J connectivity index is 4.42. The molecular formula is C52H92O6. The predicted octanol–water partition coefficient (Wildman–Crippen LogP) is 15.9. The molecule has 0 bridgehead atoms. The Labute approximate surface area is 358 Å². The quantitative estimate of drug-likeness (QED) is 0.0200. The molecule has 1 unspecified atom stereocenters. The van der Waals surface area contributed by atoms with Crippen LogP contribution in [0.1, 0.15) is 245 Å². The number of carbonyl (C=O) groups is 3. The average molecular weight is 813 g/mol. The molecule has 0 saturated carbocycles. The van der Waals surface area contributed by atoms with Crippen LogP contribution in [0.3, 0.4) is 0 Å². The van der Waals surface area contributed by atoms with E-state index in [1.54, 1.807) is 0 Å². The van der Waals surface area contributed by atoms with E-state index in [1.807, 2.05) is 0 Å². The molecule has 0 N–H and O–H groups in total. The molecule has 0 aromatic heterocycles. The number of carbonyl (C=O) groups excluding carboxylic acids is 3. The molecule has 0 heterocycles. The van der Waals surface area contributed by atoms with Crippen molar-refractivity contribution in [3.63, 3.8) is 0 Å². The van der Waals surface area contributed by atoms with Gasteiger partial charge >= 0.3 is 17.9 Å². The molecule has 0 amide bonds. The van der Waals surface area contributed by atoms with Gasteiger partial charge in [-0.3, -0.25) is 14.4 Å². The van der Waals surface area contributed by atoms with E-state index in [2.05, 4.69) is 69.4 Å². The van der Waals surface area contributed by atoms with Gasteiger partial charge in [0.15, 0.2) is 6.10 Å². The Morgan fingerprint density at radius 2 is 0.621 bits per heavy atom. The highest BCUT2D eigenvalue weighted by Gasteiger charge is 2.19. The van der Waals surface area contributed by atoms with Gasteiger partial charge in [-0.15, -0.1) is 0 Å². The molecule has 0 radical (unpaired) electrons. The van der Waals surface area contributed by atoms with E-state index < -0.39 is 6.10 Å². The van der Waals surface area contributed by atoms with Gasteiger partial charge in [0.25, 0.3) is 0 Å². The number of allylic oxidation sites excluding steroid dienone is 8. The number of esters is 3. The molecule has 6 heteroatoms. The lowest BCUT2D eigenvalue weighted by Crippen LogP contribution is -2.30. The topological polar surface area (TPSA) is 78.9 Å². The SMILES string of the molecule is CCCCC/C=C\CCCCCCCC(=O)OCC(COC(=O)CCCCC/C=C\C=C/CCCCCCCCC)OC(=O)CCCCCCC/C=C\CCCCC. The van der Waals surface area contributed by atoms with Crippen molar-refractivity contribution in [3.8, 4) is 0 Å². The number of unbranched alkanes of at least 4 members (excludes halogenated alkanes) is 26. The zero-order valence-electron chi connectivity index (χ0n) is 38.3. The molecule has 0 aliphatic heterocycles. The summed E-state index contributed by atoms with van der Waals surface area (Å²) in [6, 6.07) is 0. The van der Waals surface area contributed by atoms with Crippen LogP contribution in [0.5, 0.6) is 0 Å². The molecule has 0 aromatic carbocycles. The van der Waals surface area contributed by atoms with Crippen LogP contribution in [0.25, 0.3) is 0 Å². The van der Waals surface area contributed by atoms with Gasteiger partial charge in [-0.1, -0.05) is 179 Å². The minimum absolute atomic E-state index is 0.0891. The molecule has 6 nitrogen and oxygen atoms in total. The van der Waals surface area contributed by atoms with Crippen molar-refractivity contribution in [1.29, 1.82) is 0 Å². The molecule has 0 aromatic rings. The highest BCUT2D eigenvalue weighted by molar-refractivity contribution is 5.71. The second-order valence-electron chi connectivity index (χ2n) is 16.4. The molecule has 0 aliphatic rings. The fourth-order valence-corrected chi connectivity index (χ4v) is 6.77. The van der Waals surface area contributed by atoms with Gasteiger partial charge < -0.3 is 14.2 Å². The van der Waals surface area contributed by atoms with Crippen molar-refractivity contribution in [1.82, 2.24) is 0 Å². The van der Waals surface area contributed by atoms with E-state index in [-0.39, 0.29) is 31.1 Å². The lowest BCUT2D eigenvalue weighted by Gasteiger charge is -2.18. The molecule has 58 heavy (non-hydrogen) atoms. The van der Waals surface area contributed by atoms with Crippen molar-refractivity contribution in [2.24, 2.45) is 0 Å². The van der Waals surface area contributed by atoms with E-state index in [0.717, 1.165) is 89.9 Å². The van der Waals surface area contributed by atoms with E-state index in [4.69, 9.17) is 14.2 Å². The average Bonchev–Trinajstić information content (AvgIpc) is 3.22. The first-order valence-electron chi connectivity index (χ1n) is 24.7. The first-order valence-corrected chi connectivity index (χ1v) is 24.7. The maximum absolute atomic E-state index is 12.7. The van der Waals surface area contributed by atoms with Crippen LogP contribution in [-0.4, -0.2) is 37.2 Å². The van der Waals surface area contributed by atoms with Crippen molar-refractivity contribution < 1.29 is 28.6 Å². The second kappa shape index (κ2) is 47.1. The van der Waals surface area contributed by atoms with Gasteiger partial charge in [0, 0.05) is 19.3 Å². The Kier molecular flexibility index (Phi) is 44.9. The predicted molar refractivity (Wildman–Crippen MR) is 247 cm³/mol. The first-order chi connectivity index (χ1) is 28.5. The zero-order chi connectivity index (χ0) is 42.3. The minimum atomic E-state index is -0.788. The van der Waals surface area contributed by atoms with Gasteiger partial charge in [0.1, 0.15) is 13.2 Å². The summed E-state index contributed by atoms with van der Waals surface area (Å²) < 4.78 is 16.7. The molecule has 0 rings (SSSR count). The van der Waals surface area contributed by atoms with Crippen molar-refractivity contribution >= 4 is 17.9 Å². The summed E-state index contributed by atoms with van der Waals surface area (Å²) >= 11 is 0. The monoisotopic (exact) mass is 813 g/mol. The van der Waals surface area contributed by atoms with Gasteiger partial charge in [-0.25, -0.2) is 0 Å². The second-order valence-corrected chi connectivity index (χ2v) is 16.4. The molecule has 336 valence electrons. The zero-order valence-corrected chi connectivity index (χ0v) is 38.3. The third-order valence-corrected chi connectivity index (χ3v) is 10.6. The van der Waals surface area contributed by atoms with E-state index in [1.165, 1.54) is 116 Å². The molecule has 1 atom stereocenters. The molecule has 0 spiro atoms. The summed E-state index contributed by atoms with van der Waals surface area (Å²) in [5.74, 6) is -0.932. The van der Waals surface area contributed by atoms with Crippen LogP contribution in [0.15, 0.2) is 48.6 Å².